The van der Waals surface area contributed by atoms with E-state index >= 15 is 0 Å². The molecular formula is C18H20N6O2. The maximum atomic E-state index is 12.8. The van der Waals surface area contributed by atoms with Crippen molar-refractivity contribution in [1.82, 2.24) is 29.2 Å². The molecule has 0 radical (unpaired) electrons. The molecule has 1 aliphatic rings. The highest BCUT2D eigenvalue weighted by Gasteiger charge is 2.37. The molecule has 8 heteroatoms. The zero-order valence-corrected chi connectivity index (χ0v) is 14.7. The van der Waals surface area contributed by atoms with Gasteiger partial charge in [0, 0.05) is 26.7 Å². The van der Waals surface area contributed by atoms with Gasteiger partial charge in [-0.15, -0.1) is 0 Å². The third-order valence-electron chi connectivity index (χ3n) is 5.00. The number of carbonyl (C=O) groups excluding carboxylic acids is 2. The molecule has 1 N–H and O–H groups in total. The summed E-state index contributed by atoms with van der Waals surface area (Å²) >= 11 is 0. The molecule has 3 aromatic heterocycles. The van der Waals surface area contributed by atoms with Crippen LogP contribution in [0.2, 0.25) is 0 Å². The van der Waals surface area contributed by atoms with Gasteiger partial charge in [0.1, 0.15) is 0 Å². The molecule has 0 unspecified atom stereocenters. The van der Waals surface area contributed by atoms with Crippen LogP contribution in [0.1, 0.15) is 34.9 Å². The number of piperidine rings is 1. The van der Waals surface area contributed by atoms with E-state index in [-0.39, 0.29) is 23.9 Å². The number of aryl methyl sites for hydroxylation is 1. The van der Waals surface area contributed by atoms with Gasteiger partial charge >= 0.3 is 0 Å². The molecule has 8 nitrogen and oxygen atoms in total. The molecular weight excluding hydrogens is 332 g/mol. The average Bonchev–Trinajstić information content (AvgIpc) is 3.26. The Bertz CT molecular complexity index is 975. The quantitative estimate of drug-likeness (QED) is 0.767. The zero-order chi connectivity index (χ0) is 18.3. The Morgan fingerprint density at radius 2 is 2.00 bits per heavy atom. The van der Waals surface area contributed by atoms with Crippen molar-refractivity contribution < 1.29 is 9.59 Å². The van der Waals surface area contributed by atoms with Crippen LogP contribution in [-0.4, -0.2) is 48.7 Å². The molecule has 1 aliphatic heterocycles. The molecule has 0 aromatic carbocycles. The number of fused-ring (bicyclic) bond motifs is 1. The van der Waals surface area contributed by atoms with E-state index in [1.54, 1.807) is 49.3 Å². The van der Waals surface area contributed by atoms with Gasteiger partial charge in [0.05, 0.1) is 53.9 Å². The minimum absolute atomic E-state index is 0.0709. The molecule has 3 aromatic rings. The van der Waals surface area contributed by atoms with Crippen LogP contribution in [0.15, 0.2) is 43.4 Å². The largest absolute Gasteiger partial charge is 0.347 e. The lowest BCUT2D eigenvalue weighted by atomic mass is 9.93. The molecule has 0 saturated carbocycles. The fourth-order valence-corrected chi connectivity index (χ4v) is 3.55. The van der Waals surface area contributed by atoms with Gasteiger partial charge in [0.25, 0.3) is 5.91 Å². The van der Waals surface area contributed by atoms with Crippen LogP contribution in [0, 0.1) is 0 Å². The smallest absolute Gasteiger partial charge is 0.253 e. The monoisotopic (exact) mass is 352 g/mol. The third kappa shape index (κ3) is 2.73. The minimum atomic E-state index is -0.246. The van der Waals surface area contributed by atoms with E-state index in [2.05, 4.69) is 15.3 Å². The summed E-state index contributed by atoms with van der Waals surface area (Å²) in [5.41, 5.74) is 2.38. The summed E-state index contributed by atoms with van der Waals surface area (Å²) in [6.07, 6.45) is 9.62. The molecule has 4 rings (SSSR count). The fraction of sp³-hybridized carbons (Fsp3) is 0.333. The Labute approximate surface area is 150 Å². The maximum Gasteiger partial charge on any atom is 0.253 e. The van der Waals surface area contributed by atoms with Crippen LogP contribution in [0.25, 0.3) is 5.52 Å². The van der Waals surface area contributed by atoms with Crippen LogP contribution >= 0.6 is 0 Å². The number of likely N-dealkylation sites (tertiary alicyclic amines) is 1. The number of nitrogens with zero attached hydrogens (tertiary/aromatic N) is 5. The number of likely N-dealkylation sites (N-methyl/N-ethyl adjacent to an activating group) is 1. The normalized spacial score (nSPS) is 20.5. The Kier molecular flexibility index (Phi) is 3.95. The van der Waals surface area contributed by atoms with Crippen LogP contribution < -0.4 is 5.32 Å². The first-order valence-corrected chi connectivity index (χ1v) is 8.49. The van der Waals surface area contributed by atoms with Gasteiger partial charge in [0.15, 0.2) is 0 Å². The van der Waals surface area contributed by atoms with E-state index in [1.807, 2.05) is 22.1 Å². The summed E-state index contributed by atoms with van der Waals surface area (Å²) in [6.45, 7) is 0. The Balaban J connectivity index is 1.61. The van der Waals surface area contributed by atoms with Crippen molar-refractivity contribution in [3.63, 3.8) is 0 Å². The first kappa shape index (κ1) is 16.3. The van der Waals surface area contributed by atoms with Crippen LogP contribution in [-0.2, 0) is 11.8 Å². The first-order valence-electron chi connectivity index (χ1n) is 8.49. The number of nitrogens with one attached hydrogen (secondary N) is 1. The average molecular weight is 352 g/mol. The first-order chi connectivity index (χ1) is 12.5. The molecule has 1 saturated heterocycles. The van der Waals surface area contributed by atoms with Gasteiger partial charge in [0.2, 0.25) is 5.91 Å². The Hall–Kier alpha value is -3.16. The molecule has 0 aliphatic carbocycles. The number of imidazole rings is 2. The predicted molar refractivity (Wildman–Crippen MR) is 94.4 cm³/mol. The standard InChI is InChI=1S/C18H20N6O2/c1-22-10-20-8-15(22)17-14(5-6-16(25)23(17)2)21-18(26)12-3-4-13-7-19-11-24(13)9-12/h3-4,7-11,14,17H,5-6H2,1-2H3,(H,21,26)/t14-,17-/m1/s1. The SMILES string of the molecule is CN1C(=O)CC[C@@H](NC(=O)c2ccc3cncn3c2)[C@@H]1c1cncn1C. The Morgan fingerprint density at radius 1 is 1.19 bits per heavy atom. The molecule has 26 heavy (non-hydrogen) atoms. The van der Waals surface area contributed by atoms with Crippen molar-refractivity contribution in [2.24, 2.45) is 7.05 Å². The van der Waals surface area contributed by atoms with Crippen molar-refractivity contribution in [1.29, 1.82) is 0 Å². The third-order valence-corrected chi connectivity index (χ3v) is 5.00. The second kappa shape index (κ2) is 6.29. The number of rotatable bonds is 3. The highest BCUT2D eigenvalue weighted by atomic mass is 16.2. The topological polar surface area (TPSA) is 84.5 Å². The second-order valence-corrected chi connectivity index (χ2v) is 6.64. The maximum absolute atomic E-state index is 12.8. The summed E-state index contributed by atoms with van der Waals surface area (Å²) in [4.78, 5) is 34.9. The van der Waals surface area contributed by atoms with E-state index in [4.69, 9.17) is 0 Å². The van der Waals surface area contributed by atoms with E-state index in [9.17, 15) is 9.59 Å². The summed E-state index contributed by atoms with van der Waals surface area (Å²) in [5, 5.41) is 3.10. The van der Waals surface area contributed by atoms with Crippen LogP contribution in [0.3, 0.4) is 0 Å². The lowest BCUT2D eigenvalue weighted by molar-refractivity contribution is -0.136. The number of aromatic nitrogens is 4. The van der Waals surface area contributed by atoms with Crippen molar-refractivity contribution in [3.8, 4) is 0 Å². The Morgan fingerprint density at radius 3 is 2.77 bits per heavy atom. The number of hydrogen-bond acceptors (Lipinski definition) is 4. The summed E-state index contributed by atoms with van der Waals surface area (Å²) in [7, 11) is 3.66. The fourth-order valence-electron chi connectivity index (χ4n) is 3.55. The van der Waals surface area contributed by atoms with Gasteiger partial charge in [-0.05, 0) is 18.6 Å². The molecule has 2 atom stereocenters. The second-order valence-electron chi connectivity index (χ2n) is 6.64. The highest BCUT2D eigenvalue weighted by molar-refractivity contribution is 5.94. The molecule has 0 bridgehead atoms. The molecule has 2 amide bonds. The van der Waals surface area contributed by atoms with Gasteiger partial charge in [-0.3, -0.25) is 9.59 Å². The minimum Gasteiger partial charge on any atom is -0.347 e. The van der Waals surface area contributed by atoms with E-state index in [1.165, 1.54) is 0 Å². The lowest BCUT2D eigenvalue weighted by Crippen LogP contribution is -2.51. The van der Waals surface area contributed by atoms with Gasteiger partial charge in [-0.2, -0.15) is 0 Å². The number of carbonyl (C=O) groups is 2. The lowest BCUT2D eigenvalue weighted by Gasteiger charge is -2.39. The molecule has 0 spiro atoms. The zero-order valence-electron chi connectivity index (χ0n) is 14.7. The molecule has 4 heterocycles. The van der Waals surface area contributed by atoms with Crippen molar-refractivity contribution in [2.45, 2.75) is 24.9 Å². The number of hydrogen-bond donors (Lipinski definition) is 1. The van der Waals surface area contributed by atoms with Gasteiger partial charge < -0.3 is 19.2 Å². The van der Waals surface area contributed by atoms with Crippen molar-refractivity contribution >= 4 is 17.3 Å². The van der Waals surface area contributed by atoms with Gasteiger partial charge in [-0.25, -0.2) is 9.97 Å². The van der Waals surface area contributed by atoms with E-state index < -0.39 is 0 Å². The number of pyridine rings is 1. The molecule has 1 fully saturated rings. The van der Waals surface area contributed by atoms with Crippen LogP contribution in [0.4, 0.5) is 0 Å². The molecule has 134 valence electrons. The van der Waals surface area contributed by atoms with Crippen molar-refractivity contribution in [3.05, 3.63) is 54.6 Å². The van der Waals surface area contributed by atoms with E-state index in [0.717, 1.165) is 11.2 Å². The van der Waals surface area contributed by atoms with Crippen molar-refractivity contribution in [2.75, 3.05) is 7.05 Å². The summed E-state index contributed by atoms with van der Waals surface area (Å²) in [5.74, 6) is -0.0953. The number of amides is 2. The van der Waals surface area contributed by atoms with Crippen LogP contribution in [0.5, 0.6) is 0 Å². The summed E-state index contributed by atoms with van der Waals surface area (Å²) < 4.78 is 3.69. The summed E-state index contributed by atoms with van der Waals surface area (Å²) in [6, 6.07) is 3.21. The van der Waals surface area contributed by atoms with E-state index in [0.29, 0.717) is 18.4 Å². The highest BCUT2D eigenvalue weighted by Crippen LogP contribution is 2.30. The predicted octanol–water partition coefficient (Wildman–Crippen LogP) is 1.16. The van der Waals surface area contributed by atoms with Gasteiger partial charge in [-0.1, -0.05) is 0 Å².